The van der Waals surface area contributed by atoms with Gasteiger partial charge in [-0.05, 0) is 67.0 Å². The zero-order chi connectivity index (χ0) is 22.8. The zero-order valence-corrected chi connectivity index (χ0v) is 19.0. The van der Waals surface area contributed by atoms with E-state index in [4.69, 9.17) is 4.74 Å². The fourth-order valence-corrected chi connectivity index (χ4v) is 4.66. The van der Waals surface area contributed by atoms with Crippen LogP contribution >= 0.6 is 0 Å². The average Bonchev–Trinajstić information content (AvgIpc) is 3.17. The molecule has 0 fully saturated rings. The van der Waals surface area contributed by atoms with Gasteiger partial charge in [0.25, 0.3) is 0 Å². The summed E-state index contributed by atoms with van der Waals surface area (Å²) in [6, 6.07) is 29.7. The number of aromatic amines is 1. The van der Waals surface area contributed by atoms with Gasteiger partial charge in [0.2, 0.25) is 0 Å². The molecule has 0 spiro atoms. The number of carbonyl (C=O) groups is 1. The number of aromatic nitrogens is 1. The summed E-state index contributed by atoms with van der Waals surface area (Å²) >= 11 is 0. The minimum atomic E-state index is 0.0138. The van der Waals surface area contributed by atoms with Crippen molar-refractivity contribution < 1.29 is 9.53 Å². The van der Waals surface area contributed by atoms with Gasteiger partial charge in [0.05, 0.1) is 0 Å². The second-order valence-electron chi connectivity index (χ2n) is 8.63. The molecule has 5 rings (SSSR count). The van der Waals surface area contributed by atoms with E-state index in [1.165, 1.54) is 33.0 Å². The molecule has 164 valence electrons. The minimum Gasteiger partial charge on any atom is -0.485 e. The standard InChI is InChI=1S/C30H27NO2/c1-20(32)19-33-29-14-8-12-25-23(16-15-22-9-4-3-5-10-22)17-24(18-27(25)29)30-21(2)31-28-13-7-6-11-26(28)30/h3-14,17-18,31H,15-16,19H2,1-2H3. The number of H-pyrrole nitrogens is 1. The van der Waals surface area contributed by atoms with Gasteiger partial charge in [-0.2, -0.15) is 0 Å². The molecule has 0 aliphatic rings. The minimum absolute atomic E-state index is 0.0138. The van der Waals surface area contributed by atoms with E-state index in [0.29, 0.717) is 0 Å². The molecule has 0 bridgehead atoms. The van der Waals surface area contributed by atoms with Crippen LogP contribution in [0, 0.1) is 6.92 Å². The topological polar surface area (TPSA) is 42.1 Å². The summed E-state index contributed by atoms with van der Waals surface area (Å²) in [7, 11) is 0. The number of fused-ring (bicyclic) bond motifs is 2. The molecule has 0 radical (unpaired) electrons. The van der Waals surface area contributed by atoms with Crippen LogP contribution in [-0.4, -0.2) is 17.4 Å². The normalized spacial score (nSPS) is 11.2. The van der Waals surface area contributed by atoms with E-state index < -0.39 is 0 Å². The van der Waals surface area contributed by atoms with Gasteiger partial charge in [-0.3, -0.25) is 4.79 Å². The lowest BCUT2D eigenvalue weighted by molar-refractivity contribution is -0.118. The van der Waals surface area contributed by atoms with Gasteiger partial charge in [0, 0.05) is 27.5 Å². The largest absolute Gasteiger partial charge is 0.485 e. The van der Waals surface area contributed by atoms with Crippen molar-refractivity contribution in [2.45, 2.75) is 26.7 Å². The summed E-state index contributed by atoms with van der Waals surface area (Å²) in [6.45, 7) is 3.76. The molecule has 33 heavy (non-hydrogen) atoms. The van der Waals surface area contributed by atoms with Crippen LogP contribution in [0.5, 0.6) is 5.75 Å². The van der Waals surface area contributed by atoms with Crippen LogP contribution in [0.3, 0.4) is 0 Å². The molecule has 0 atom stereocenters. The Balaban J connectivity index is 1.67. The van der Waals surface area contributed by atoms with E-state index in [2.05, 4.69) is 84.7 Å². The lowest BCUT2D eigenvalue weighted by Crippen LogP contribution is -2.07. The van der Waals surface area contributed by atoms with E-state index in [-0.39, 0.29) is 12.4 Å². The monoisotopic (exact) mass is 433 g/mol. The third-order valence-electron chi connectivity index (χ3n) is 6.18. The molecule has 0 aliphatic heterocycles. The SMILES string of the molecule is CC(=O)COc1cccc2c(CCc3ccccc3)cc(-c3c(C)[nH]c4ccccc34)cc12. The fraction of sp³-hybridized carbons (Fsp3) is 0.167. The molecular formula is C30H27NO2. The first-order valence-corrected chi connectivity index (χ1v) is 11.4. The number of Topliss-reactive ketones (excluding diaryl/α,β-unsaturated/α-hetero) is 1. The van der Waals surface area contributed by atoms with Gasteiger partial charge in [0.1, 0.15) is 12.4 Å². The molecule has 0 aliphatic carbocycles. The maximum atomic E-state index is 11.6. The zero-order valence-electron chi connectivity index (χ0n) is 19.0. The maximum Gasteiger partial charge on any atom is 0.167 e. The summed E-state index contributed by atoms with van der Waals surface area (Å²) in [4.78, 5) is 15.1. The van der Waals surface area contributed by atoms with E-state index in [0.717, 1.165) is 35.2 Å². The molecule has 0 unspecified atom stereocenters. The van der Waals surface area contributed by atoms with Gasteiger partial charge < -0.3 is 9.72 Å². The maximum absolute atomic E-state index is 11.6. The Morgan fingerprint density at radius 3 is 2.39 bits per heavy atom. The van der Waals surface area contributed by atoms with Crippen LogP contribution < -0.4 is 4.74 Å². The van der Waals surface area contributed by atoms with Crippen molar-refractivity contribution in [2.24, 2.45) is 0 Å². The number of nitrogens with one attached hydrogen (secondary N) is 1. The van der Waals surface area contributed by atoms with Crippen molar-refractivity contribution in [1.82, 2.24) is 4.98 Å². The van der Waals surface area contributed by atoms with Crippen molar-refractivity contribution in [1.29, 1.82) is 0 Å². The number of aryl methyl sites for hydroxylation is 3. The van der Waals surface area contributed by atoms with Crippen molar-refractivity contribution in [2.75, 3.05) is 6.61 Å². The molecule has 1 N–H and O–H groups in total. The van der Waals surface area contributed by atoms with Crippen LogP contribution in [0.25, 0.3) is 32.8 Å². The Kier molecular flexibility index (Phi) is 5.70. The average molecular weight is 434 g/mol. The fourth-order valence-electron chi connectivity index (χ4n) is 4.66. The van der Waals surface area contributed by atoms with E-state index >= 15 is 0 Å². The number of hydrogen-bond acceptors (Lipinski definition) is 2. The molecule has 1 aromatic heterocycles. The Bertz CT molecular complexity index is 1450. The summed E-state index contributed by atoms with van der Waals surface area (Å²) in [5, 5.41) is 3.43. The highest BCUT2D eigenvalue weighted by atomic mass is 16.5. The molecule has 0 amide bonds. The molecule has 5 aromatic rings. The molecule has 3 heteroatoms. The van der Waals surface area contributed by atoms with Crippen LogP contribution in [0.1, 0.15) is 23.7 Å². The quantitative estimate of drug-likeness (QED) is 0.299. The third-order valence-corrected chi connectivity index (χ3v) is 6.18. The summed E-state index contributed by atoms with van der Waals surface area (Å²) in [6.07, 6.45) is 1.89. The highest BCUT2D eigenvalue weighted by Gasteiger charge is 2.15. The van der Waals surface area contributed by atoms with Crippen molar-refractivity contribution in [3.05, 3.63) is 102 Å². The van der Waals surface area contributed by atoms with Crippen LogP contribution in [-0.2, 0) is 17.6 Å². The summed E-state index contributed by atoms with van der Waals surface area (Å²) < 4.78 is 5.93. The van der Waals surface area contributed by atoms with Gasteiger partial charge in [-0.25, -0.2) is 0 Å². The molecule has 0 saturated heterocycles. The molecule has 4 aromatic carbocycles. The first-order valence-electron chi connectivity index (χ1n) is 11.4. The second kappa shape index (κ2) is 8.95. The highest BCUT2D eigenvalue weighted by molar-refractivity contribution is 6.02. The van der Waals surface area contributed by atoms with E-state index in [9.17, 15) is 4.79 Å². The second-order valence-corrected chi connectivity index (χ2v) is 8.63. The number of hydrogen-bond donors (Lipinski definition) is 1. The first-order chi connectivity index (χ1) is 16.1. The Morgan fingerprint density at radius 1 is 0.818 bits per heavy atom. The summed E-state index contributed by atoms with van der Waals surface area (Å²) in [5.41, 5.74) is 7.27. The van der Waals surface area contributed by atoms with E-state index in [1.807, 2.05) is 12.1 Å². The lowest BCUT2D eigenvalue weighted by atomic mass is 9.92. The first kappa shape index (κ1) is 21.0. The molecule has 3 nitrogen and oxygen atoms in total. The van der Waals surface area contributed by atoms with Crippen molar-refractivity contribution >= 4 is 27.5 Å². The molecule has 1 heterocycles. The lowest BCUT2D eigenvalue weighted by Gasteiger charge is -2.15. The van der Waals surface area contributed by atoms with Gasteiger partial charge >= 0.3 is 0 Å². The number of carbonyl (C=O) groups excluding carboxylic acids is 1. The van der Waals surface area contributed by atoms with Crippen LogP contribution in [0.4, 0.5) is 0 Å². The number of rotatable bonds is 7. The van der Waals surface area contributed by atoms with Crippen molar-refractivity contribution in [3.63, 3.8) is 0 Å². The van der Waals surface area contributed by atoms with Crippen molar-refractivity contribution in [3.8, 4) is 16.9 Å². The molecule has 0 saturated carbocycles. The van der Waals surface area contributed by atoms with Crippen LogP contribution in [0.2, 0.25) is 0 Å². The van der Waals surface area contributed by atoms with Crippen LogP contribution in [0.15, 0.2) is 84.9 Å². The predicted molar refractivity (Wildman–Crippen MR) is 136 cm³/mol. The molecular weight excluding hydrogens is 406 g/mol. The Labute approximate surface area is 194 Å². The number of ketones is 1. The summed E-state index contributed by atoms with van der Waals surface area (Å²) in [5.74, 6) is 0.767. The third kappa shape index (κ3) is 4.27. The Morgan fingerprint density at radius 2 is 1.58 bits per heavy atom. The number of ether oxygens (including phenoxy) is 1. The van der Waals surface area contributed by atoms with Gasteiger partial charge in [0.15, 0.2) is 5.78 Å². The highest BCUT2D eigenvalue weighted by Crippen LogP contribution is 2.38. The van der Waals surface area contributed by atoms with Gasteiger partial charge in [-0.1, -0.05) is 66.7 Å². The smallest absolute Gasteiger partial charge is 0.167 e. The number of para-hydroxylation sites is 1. The Hall–Kier alpha value is -3.85. The predicted octanol–water partition coefficient (Wildman–Crippen LogP) is 7.05. The number of benzene rings is 4. The van der Waals surface area contributed by atoms with E-state index in [1.54, 1.807) is 6.92 Å². The van der Waals surface area contributed by atoms with Gasteiger partial charge in [-0.15, -0.1) is 0 Å².